The first-order valence-corrected chi connectivity index (χ1v) is 9.09. The predicted octanol–water partition coefficient (Wildman–Crippen LogP) is 2.62. The summed E-state index contributed by atoms with van der Waals surface area (Å²) in [5, 5.41) is 3.10. The Morgan fingerprint density at radius 3 is 2.59 bits per heavy atom. The minimum absolute atomic E-state index is 0.0498. The number of hydrogen-bond acceptors (Lipinski definition) is 5. The molecule has 144 valence electrons. The summed E-state index contributed by atoms with van der Waals surface area (Å²) < 4.78 is 16.9. The lowest BCUT2D eigenvalue weighted by atomic mass is 9.94. The van der Waals surface area contributed by atoms with Crippen molar-refractivity contribution in [3.63, 3.8) is 0 Å². The van der Waals surface area contributed by atoms with Gasteiger partial charge in [-0.05, 0) is 50.1 Å². The number of ether oxygens (including phenoxy) is 3. The van der Waals surface area contributed by atoms with E-state index < -0.39 is 5.60 Å². The quantitative estimate of drug-likeness (QED) is 0.811. The van der Waals surface area contributed by atoms with Crippen LogP contribution in [0.15, 0.2) is 48.8 Å². The molecule has 0 bridgehead atoms. The number of rotatable bonds is 7. The van der Waals surface area contributed by atoms with Crippen molar-refractivity contribution in [1.82, 2.24) is 10.3 Å². The van der Waals surface area contributed by atoms with Crippen molar-refractivity contribution in [2.24, 2.45) is 5.92 Å². The number of amides is 1. The summed E-state index contributed by atoms with van der Waals surface area (Å²) in [4.78, 5) is 16.9. The Balaban J connectivity index is 1.64. The van der Waals surface area contributed by atoms with Crippen LogP contribution in [0.2, 0.25) is 0 Å². The van der Waals surface area contributed by atoms with Crippen LogP contribution in [0.4, 0.5) is 0 Å². The zero-order valence-corrected chi connectivity index (χ0v) is 16.0. The van der Waals surface area contributed by atoms with Gasteiger partial charge in [0, 0.05) is 18.3 Å². The Morgan fingerprint density at radius 1 is 1.19 bits per heavy atom. The molecular formula is C21H26N2O4. The van der Waals surface area contributed by atoms with Crippen LogP contribution in [-0.2, 0) is 16.0 Å². The first-order chi connectivity index (χ1) is 13.0. The first kappa shape index (κ1) is 19.2. The van der Waals surface area contributed by atoms with Crippen LogP contribution in [0.25, 0.3) is 0 Å². The first-order valence-electron chi connectivity index (χ1n) is 9.09. The predicted molar refractivity (Wildman–Crippen MR) is 102 cm³/mol. The molecule has 2 atom stereocenters. The summed E-state index contributed by atoms with van der Waals surface area (Å²) in [5.41, 5.74) is 0.141. The Labute approximate surface area is 159 Å². The van der Waals surface area contributed by atoms with Gasteiger partial charge in [0.05, 0.1) is 26.4 Å². The normalized spacial score (nSPS) is 19.5. The molecule has 1 aliphatic rings. The lowest BCUT2D eigenvalue weighted by Gasteiger charge is -2.29. The van der Waals surface area contributed by atoms with E-state index in [9.17, 15) is 4.79 Å². The zero-order valence-electron chi connectivity index (χ0n) is 16.0. The average Bonchev–Trinajstić information content (AvgIpc) is 3.09. The zero-order chi connectivity index (χ0) is 19.3. The topological polar surface area (TPSA) is 69.7 Å². The highest BCUT2D eigenvalue weighted by atomic mass is 16.5. The maximum Gasteiger partial charge on any atom is 0.263 e. The van der Waals surface area contributed by atoms with Gasteiger partial charge in [0.15, 0.2) is 17.1 Å². The van der Waals surface area contributed by atoms with Crippen molar-refractivity contribution in [1.29, 1.82) is 0 Å². The van der Waals surface area contributed by atoms with Crippen LogP contribution in [0.5, 0.6) is 11.5 Å². The summed E-state index contributed by atoms with van der Waals surface area (Å²) in [6.45, 7) is 4.64. The van der Waals surface area contributed by atoms with Gasteiger partial charge in [-0.3, -0.25) is 9.78 Å². The number of benzene rings is 1. The second-order valence-electron chi connectivity index (χ2n) is 7.20. The number of para-hydroxylation sites is 2. The fraction of sp³-hybridized carbons (Fsp3) is 0.429. The minimum Gasteiger partial charge on any atom is -0.493 e. The van der Waals surface area contributed by atoms with Gasteiger partial charge in [-0.25, -0.2) is 0 Å². The summed E-state index contributed by atoms with van der Waals surface area (Å²) in [6, 6.07) is 11.2. The van der Waals surface area contributed by atoms with Crippen molar-refractivity contribution in [3.8, 4) is 11.5 Å². The van der Waals surface area contributed by atoms with E-state index in [0.717, 1.165) is 6.42 Å². The van der Waals surface area contributed by atoms with Gasteiger partial charge in [-0.1, -0.05) is 12.1 Å². The van der Waals surface area contributed by atoms with E-state index in [1.807, 2.05) is 24.3 Å². The summed E-state index contributed by atoms with van der Waals surface area (Å²) in [5.74, 6) is 1.18. The van der Waals surface area contributed by atoms with E-state index in [0.29, 0.717) is 24.7 Å². The molecule has 1 aromatic heterocycles. The van der Waals surface area contributed by atoms with E-state index >= 15 is 0 Å². The summed E-state index contributed by atoms with van der Waals surface area (Å²) >= 11 is 0. The highest BCUT2D eigenvalue weighted by Gasteiger charge is 2.36. The monoisotopic (exact) mass is 370 g/mol. The Kier molecular flexibility index (Phi) is 5.96. The number of nitrogens with one attached hydrogen (secondary N) is 1. The third kappa shape index (κ3) is 4.77. The smallest absolute Gasteiger partial charge is 0.263 e. The molecule has 1 N–H and O–H groups in total. The molecule has 2 aromatic rings. The standard InChI is InChI=1S/C21H26N2O4/c1-21(2,27-19-7-5-4-6-18(19)25-3)20(24)23-17-14-26-13-16(17)12-15-8-10-22-11-9-15/h4-11,16-17H,12-14H2,1-3H3,(H,23,24)/t16-,17-/m1/s1. The van der Waals surface area contributed by atoms with E-state index in [-0.39, 0.29) is 17.9 Å². The number of methoxy groups -OCH3 is 1. The Hall–Kier alpha value is -2.60. The molecule has 6 nitrogen and oxygen atoms in total. The summed E-state index contributed by atoms with van der Waals surface area (Å²) in [7, 11) is 1.58. The minimum atomic E-state index is -1.04. The van der Waals surface area contributed by atoms with Crippen molar-refractivity contribution in [3.05, 3.63) is 54.4 Å². The largest absolute Gasteiger partial charge is 0.493 e. The van der Waals surface area contributed by atoms with Crippen LogP contribution in [0, 0.1) is 5.92 Å². The van der Waals surface area contributed by atoms with Gasteiger partial charge >= 0.3 is 0 Å². The van der Waals surface area contributed by atoms with Gasteiger partial charge in [0.25, 0.3) is 5.91 Å². The number of carbonyl (C=O) groups is 1. The molecular weight excluding hydrogens is 344 g/mol. The van der Waals surface area contributed by atoms with Crippen LogP contribution < -0.4 is 14.8 Å². The van der Waals surface area contributed by atoms with Gasteiger partial charge in [0.2, 0.25) is 0 Å². The Bertz CT molecular complexity index is 764. The van der Waals surface area contributed by atoms with Gasteiger partial charge in [-0.15, -0.1) is 0 Å². The third-order valence-corrected chi connectivity index (χ3v) is 4.74. The molecule has 0 unspecified atom stereocenters. The van der Waals surface area contributed by atoms with Gasteiger partial charge in [0.1, 0.15) is 0 Å². The van der Waals surface area contributed by atoms with Crippen LogP contribution >= 0.6 is 0 Å². The Morgan fingerprint density at radius 2 is 1.89 bits per heavy atom. The van der Waals surface area contributed by atoms with Gasteiger partial charge < -0.3 is 19.5 Å². The number of pyridine rings is 1. The second kappa shape index (κ2) is 8.39. The highest BCUT2D eigenvalue weighted by molar-refractivity contribution is 5.85. The number of nitrogens with zero attached hydrogens (tertiary/aromatic N) is 1. The molecule has 0 saturated carbocycles. The van der Waals surface area contributed by atoms with E-state index in [1.54, 1.807) is 45.5 Å². The number of carbonyl (C=O) groups excluding carboxylic acids is 1. The molecule has 6 heteroatoms. The highest BCUT2D eigenvalue weighted by Crippen LogP contribution is 2.30. The molecule has 1 saturated heterocycles. The van der Waals surface area contributed by atoms with Crippen molar-refractivity contribution in [2.75, 3.05) is 20.3 Å². The van der Waals surface area contributed by atoms with Crippen LogP contribution in [0.1, 0.15) is 19.4 Å². The molecule has 1 aliphatic heterocycles. The maximum atomic E-state index is 12.9. The summed E-state index contributed by atoms with van der Waals surface area (Å²) in [6.07, 6.45) is 4.40. The number of hydrogen-bond donors (Lipinski definition) is 1. The molecule has 1 aromatic carbocycles. The third-order valence-electron chi connectivity index (χ3n) is 4.74. The van der Waals surface area contributed by atoms with Crippen molar-refractivity contribution in [2.45, 2.75) is 31.9 Å². The number of aromatic nitrogens is 1. The van der Waals surface area contributed by atoms with Gasteiger partial charge in [-0.2, -0.15) is 0 Å². The average molecular weight is 370 g/mol. The lowest BCUT2D eigenvalue weighted by molar-refractivity contribution is -0.135. The fourth-order valence-corrected chi connectivity index (χ4v) is 3.15. The van der Waals surface area contributed by atoms with E-state index in [1.165, 1.54) is 5.56 Å². The van der Waals surface area contributed by atoms with Crippen molar-refractivity contribution < 1.29 is 19.0 Å². The lowest BCUT2D eigenvalue weighted by Crippen LogP contribution is -2.52. The van der Waals surface area contributed by atoms with Crippen LogP contribution in [-0.4, -0.2) is 42.9 Å². The molecule has 27 heavy (non-hydrogen) atoms. The molecule has 2 heterocycles. The molecule has 1 fully saturated rings. The fourth-order valence-electron chi connectivity index (χ4n) is 3.15. The molecule has 1 amide bonds. The SMILES string of the molecule is COc1ccccc1OC(C)(C)C(=O)N[C@@H]1COC[C@H]1Cc1ccncc1. The molecule has 0 aliphatic carbocycles. The van der Waals surface area contributed by atoms with E-state index in [4.69, 9.17) is 14.2 Å². The molecule has 3 rings (SSSR count). The molecule has 0 radical (unpaired) electrons. The second-order valence-corrected chi connectivity index (χ2v) is 7.20. The maximum absolute atomic E-state index is 12.9. The van der Waals surface area contributed by atoms with Crippen LogP contribution in [0.3, 0.4) is 0 Å². The van der Waals surface area contributed by atoms with Crippen molar-refractivity contribution >= 4 is 5.91 Å². The van der Waals surface area contributed by atoms with E-state index in [2.05, 4.69) is 10.3 Å². The molecule has 0 spiro atoms.